The molecule has 1 N–H and O–H groups in total. The highest BCUT2D eigenvalue weighted by Gasteiger charge is 2.31. The highest BCUT2D eigenvalue weighted by Crippen LogP contribution is 2.29. The maximum Gasteiger partial charge on any atom is 0.246 e. The first-order valence-corrected chi connectivity index (χ1v) is 10.1. The molecular formula is C13H20N2O5S2. The molecule has 1 aliphatic heterocycles. The van der Waals surface area contributed by atoms with Crippen molar-refractivity contribution in [2.24, 2.45) is 0 Å². The molecule has 0 spiro atoms. The van der Waals surface area contributed by atoms with Gasteiger partial charge < -0.3 is 10.1 Å². The Morgan fingerprint density at radius 2 is 1.95 bits per heavy atom. The van der Waals surface area contributed by atoms with Gasteiger partial charge in [0.2, 0.25) is 10.0 Å². The highest BCUT2D eigenvalue weighted by molar-refractivity contribution is 7.91. The van der Waals surface area contributed by atoms with E-state index in [0.29, 0.717) is 19.6 Å². The van der Waals surface area contributed by atoms with E-state index in [1.807, 2.05) is 6.92 Å². The maximum absolute atomic E-state index is 12.8. The Morgan fingerprint density at radius 3 is 2.50 bits per heavy atom. The summed E-state index contributed by atoms with van der Waals surface area (Å²) in [6, 6.07) is 3.91. The van der Waals surface area contributed by atoms with Gasteiger partial charge in [-0.2, -0.15) is 4.31 Å². The van der Waals surface area contributed by atoms with Gasteiger partial charge in [-0.25, -0.2) is 16.8 Å². The van der Waals surface area contributed by atoms with E-state index in [4.69, 9.17) is 4.74 Å². The first kappa shape index (κ1) is 17.2. The third kappa shape index (κ3) is 3.43. The summed E-state index contributed by atoms with van der Waals surface area (Å²) < 4.78 is 55.4. The lowest BCUT2D eigenvalue weighted by molar-refractivity contribution is 0.308. The quantitative estimate of drug-likeness (QED) is 0.828. The summed E-state index contributed by atoms with van der Waals surface area (Å²) in [5.41, 5.74) is 0. The average molecular weight is 348 g/mol. The SMILES string of the molecule is COc1ccc(S(C)(=O)=O)cc1S(=O)(=O)N1CCNC(C)C1. The van der Waals surface area contributed by atoms with Crippen LogP contribution in [0.1, 0.15) is 6.92 Å². The van der Waals surface area contributed by atoms with Crippen LogP contribution in [-0.4, -0.2) is 60.2 Å². The van der Waals surface area contributed by atoms with Gasteiger partial charge in [-0.05, 0) is 25.1 Å². The lowest BCUT2D eigenvalue weighted by atomic mass is 10.3. The number of ether oxygens (including phenoxy) is 1. The van der Waals surface area contributed by atoms with Crippen molar-refractivity contribution < 1.29 is 21.6 Å². The van der Waals surface area contributed by atoms with Crippen molar-refractivity contribution in [3.05, 3.63) is 18.2 Å². The van der Waals surface area contributed by atoms with Crippen LogP contribution in [0.4, 0.5) is 0 Å². The molecule has 1 unspecified atom stereocenters. The monoisotopic (exact) mass is 348 g/mol. The summed E-state index contributed by atoms with van der Waals surface area (Å²) in [5.74, 6) is 0.138. The molecule has 2 rings (SSSR count). The standard InChI is InChI=1S/C13H20N2O5S2/c1-10-9-15(7-6-14-10)22(18,19)13-8-11(21(3,16)17)4-5-12(13)20-2/h4-5,8,10,14H,6-7,9H2,1-3H3. The van der Waals surface area contributed by atoms with E-state index in [2.05, 4.69) is 5.32 Å². The second-order valence-electron chi connectivity index (χ2n) is 5.30. The number of piperazine rings is 1. The number of nitrogens with zero attached hydrogens (tertiary/aromatic N) is 1. The van der Waals surface area contributed by atoms with Crippen molar-refractivity contribution in [2.45, 2.75) is 22.8 Å². The molecule has 0 aliphatic carbocycles. The Balaban J connectivity index is 2.53. The Hall–Kier alpha value is -1.16. The summed E-state index contributed by atoms with van der Waals surface area (Å²) in [6.45, 7) is 3.10. The first-order chi connectivity index (χ1) is 10.2. The predicted molar refractivity (Wildman–Crippen MR) is 82.3 cm³/mol. The van der Waals surface area contributed by atoms with Crippen molar-refractivity contribution in [1.82, 2.24) is 9.62 Å². The molecule has 0 saturated carbocycles. The van der Waals surface area contributed by atoms with Crippen LogP contribution in [0, 0.1) is 0 Å². The predicted octanol–water partition coefficient (Wildman–Crippen LogP) is 0.0811. The summed E-state index contributed by atoms with van der Waals surface area (Å²) >= 11 is 0. The fourth-order valence-electron chi connectivity index (χ4n) is 2.34. The molecule has 1 aliphatic rings. The second kappa shape index (κ2) is 6.15. The molecule has 1 aromatic rings. The number of rotatable bonds is 4. The lowest BCUT2D eigenvalue weighted by Gasteiger charge is -2.31. The summed E-state index contributed by atoms with van der Waals surface area (Å²) in [4.78, 5) is -0.165. The molecule has 1 atom stereocenters. The number of sulfonamides is 1. The molecule has 1 heterocycles. The molecule has 7 nitrogen and oxygen atoms in total. The normalized spacial score (nSPS) is 20.8. The van der Waals surface area contributed by atoms with Crippen molar-refractivity contribution in [1.29, 1.82) is 0 Å². The minimum Gasteiger partial charge on any atom is -0.495 e. The second-order valence-corrected chi connectivity index (χ2v) is 9.23. The zero-order valence-electron chi connectivity index (χ0n) is 12.7. The molecule has 0 amide bonds. The molecular weight excluding hydrogens is 328 g/mol. The molecule has 124 valence electrons. The van der Waals surface area contributed by atoms with Crippen molar-refractivity contribution in [3.8, 4) is 5.75 Å². The number of hydrogen-bond donors (Lipinski definition) is 1. The zero-order valence-corrected chi connectivity index (χ0v) is 14.4. The third-order valence-corrected chi connectivity index (χ3v) is 6.51. The number of nitrogens with one attached hydrogen (secondary N) is 1. The van der Waals surface area contributed by atoms with E-state index < -0.39 is 19.9 Å². The minimum absolute atomic E-state index is 0.0348. The van der Waals surface area contributed by atoms with Gasteiger partial charge in [-0.15, -0.1) is 0 Å². The van der Waals surface area contributed by atoms with Crippen LogP contribution in [0.2, 0.25) is 0 Å². The van der Waals surface area contributed by atoms with Gasteiger partial charge in [0, 0.05) is 31.9 Å². The van der Waals surface area contributed by atoms with E-state index in [1.54, 1.807) is 0 Å². The van der Waals surface area contributed by atoms with Gasteiger partial charge in [0.25, 0.3) is 0 Å². The van der Waals surface area contributed by atoms with Crippen LogP contribution in [0.3, 0.4) is 0 Å². The summed E-state index contributed by atoms with van der Waals surface area (Å²) in [7, 11) is -5.96. The van der Waals surface area contributed by atoms with Crippen LogP contribution in [-0.2, 0) is 19.9 Å². The average Bonchev–Trinajstić information content (AvgIpc) is 2.45. The van der Waals surface area contributed by atoms with Gasteiger partial charge in [-0.1, -0.05) is 0 Å². The van der Waals surface area contributed by atoms with Gasteiger partial charge >= 0.3 is 0 Å². The van der Waals surface area contributed by atoms with E-state index in [1.165, 1.54) is 23.5 Å². The molecule has 0 aromatic heterocycles. The van der Waals surface area contributed by atoms with Crippen LogP contribution in [0.15, 0.2) is 28.0 Å². The molecule has 1 saturated heterocycles. The largest absolute Gasteiger partial charge is 0.495 e. The van der Waals surface area contributed by atoms with Crippen LogP contribution >= 0.6 is 0 Å². The summed E-state index contributed by atoms with van der Waals surface area (Å²) in [6.07, 6.45) is 1.04. The van der Waals surface area contributed by atoms with Gasteiger partial charge in [0.15, 0.2) is 9.84 Å². The fourth-order valence-corrected chi connectivity index (χ4v) is 4.78. The highest BCUT2D eigenvalue weighted by atomic mass is 32.2. The van der Waals surface area contributed by atoms with Crippen molar-refractivity contribution >= 4 is 19.9 Å². The molecule has 1 aromatic carbocycles. The van der Waals surface area contributed by atoms with Crippen molar-refractivity contribution in [2.75, 3.05) is 33.0 Å². The number of hydrogen-bond acceptors (Lipinski definition) is 6. The molecule has 0 radical (unpaired) electrons. The molecule has 9 heteroatoms. The van der Waals surface area contributed by atoms with Crippen molar-refractivity contribution in [3.63, 3.8) is 0 Å². The fraction of sp³-hybridized carbons (Fsp3) is 0.538. The van der Waals surface area contributed by atoms with Gasteiger partial charge in [-0.3, -0.25) is 0 Å². The van der Waals surface area contributed by atoms with Crippen LogP contribution < -0.4 is 10.1 Å². The first-order valence-electron chi connectivity index (χ1n) is 6.78. The number of benzene rings is 1. The Labute approximate surface area is 131 Å². The number of sulfone groups is 1. The lowest BCUT2D eigenvalue weighted by Crippen LogP contribution is -2.51. The Kier molecular flexibility index (Phi) is 4.81. The molecule has 0 bridgehead atoms. The van der Waals surface area contributed by atoms with E-state index in [0.717, 1.165) is 12.3 Å². The molecule has 22 heavy (non-hydrogen) atoms. The maximum atomic E-state index is 12.8. The Morgan fingerprint density at radius 1 is 1.27 bits per heavy atom. The van der Waals surface area contributed by atoms with E-state index >= 15 is 0 Å². The Bertz CT molecular complexity index is 759. The van der Waals surface area contributed by atoms with Gasteiger partial charge in [0.1, 0.15) is 10.6 Å². The van der Waals surface area contributed by atoms with Crippen LogP contribution in [0.5, 0.6) is 5.75 Å². The van der Waals surface area contributed by atoms with Gasteiger partial charge in [0.05, 0.1) is 12.0 Å². The van der Waals surface area contributed by atoms with Crippen LogP contribution in [0.25, 0.3) is 0 Å². The smallest absolute Gasteiger partial charge is 0.246 e. The van der Waals surface area contributed by atoms with E-state index in [-0.39, 0.29) is 21.6 Å². The third-order valence-electron chi connectivity index (χ3n) is 3.51. The number of methoxy groups -OCH3 is 1. The topological polar surface area (TPSA) is 92.8 Å². The summed E-state index contributed by atoms with van der Waals surface area (Å²) in [5, 5.41) is 3.17. The minimum atomic E-state index is -3.82. The zero-order chi connectivity index (χ0) is 16.5. The molecule has 1 fully saturated rings. The van der Waals surface area contributed by atoms with E-state index in [9.17, 15) is 16.8 Å².